The van der Waals surface area contributed by atoms with Gasteiger partial charge in [-0.15, -0.1) is 0 Å². The van der Waals surface area contributed by atoms with Crippen molar-refractivity contribution in [1.82, 2.24) is 0 Å². The molecule has 4 heteroatoms. The predicted octanol–water partition coefficient (Wildman–Crippen LogP) is 6.35. The molecule has 0 aromatic carbocycles. The lowest BCUT2D eigenvalue weighted by Gasteiger charge is -2.06. The lowest BCUT2D eigenvalue weighted by molar-refractivity contribution is -0.152. The first-order valence-corrected chi connectivity index (χ1v) is 11.0. The molecule has 4 nitrogen and oxygen atoms in total. The van der Waals surface area contributed by atoms with Gasteiger partial charge in [-0.1, -0.05) is 90.9 Å². The third-order valence-corrected chi connectivity index (χ3v) is 4.58. The minimum absolute atomic E-state index is 0.176. The lowest BCUT2D eigenvalue weighted by Crippen LogP contribution is -2.13. The highest BCUT2D eigenvalue weighted by atomic mass is 16.6. The second kappa shape index (κ2) is 20.3. The first-order chi connectivity index (χ1) is 12.7. The van der Waals surface area contributed by atoms with Gasteiger partial charge in [-0.05, 0) is 12.8 Å². The maximum absolute atomic E-state index is 11.6. The Bertz CT molecular complexity index is 328. The van der Waals surface area contributed by atoms with Crippen LogP contribution in [0.1, 0.15) is 117 Å². The Morgan fingerprint density at radius 1 is 0.500 bits per heavy atom. The predicted molar refractivity (Wildman–Crippen MR) is 107 cm³/mol. The van der Waals surface area contributed by atoms with Crippen molar-refractivity contribution in [2.24, 2.45) is 0 Å². The van der Waals surface area contributed by atoms with Gasteiger partial charge in [-0.2, -0.15) is 0 Å². The molecule has 0 bridgehead atoms. The number of carbonyl (C=O) groups is 2. The third-order valence-electron chi connectivity index (χ3n) is 4.58. The average molecular weight is 371 g/mol. The molecule has 0 saturated carbocycles. The maximum Gasteiger partial charge on any atom is 0.305 e. The number of hydrogen-bond acceptors (Lipinski definition) is 4. The van der Waals surface area contributed by atoms with Crippen LogP contribution in [0.5, 0.6) is 0 Å². The van der Waals surface area contributed by atoms with E-state index in [0.717, 1.165) is 32.1 Å². The highest BCUT2D eigenvalue weighted by molar-refractivity contribution is 5.70. The second-order valence-electron chi connectivity index (χ2n) is 7.18. The van der Waals surface area contributed by atoms with E-state index in [1.54, 1.807) is 0 Å². The van der Waals surface area contributed by atoms with Crippen molar-refractivity contribution in [2.75, 3.05) is 13.2 Å². The quantitative estimate of drug-likeness (QED) is 0.196. The Morgan fingerprint density at radius 2 is 0.808 bits per heavy atom. The molecule has 0 rings (SSSR count). The molecule has 0 atom stereocenters. The Kier molecular flexibility index (Phi) is 19.4. The topological polar surface area (TPSA) is 52.6 Å². The van der Waals surface area contributed by atoms with Crippen molar-refractivity contribution in [1.29, 1.82) is 0 Å². The Hall–Kier alpha value is -1.06. The van der Waals surface area contributed by atoms with Crippen LogP contribution in [-0.2, 0) is 19.1 Å². The van der Waals surface area contributed by atoms with Gasteiger partial charge in [0.05, 0.1) is 0 Å². The Balaban J connectivity index is 3.26. The van der Waals surface area contributed by atoms with Crippen LogP contribution < -0.4 is 0 Å². The molecule has 0 aromatic rings. The summed E-state index contributed by atoms with van der Waals surface area (Å²) >= 11 is 0. The summed E-state index contributed by atoms with van der Waals surface area (Å²) in [6.07, 6.45) is 17.9. The summed E-state index contributed by atoms with van der Waals surface area (Å²) in [6.45, 7) is 4.70. The van der Waals surface area contributed by atoms with Gasteiger partial charge >= 0.3 is 11.9 Å². The summed E-state index contributed by atoms with van der Waals surface area (Å²) in [5.41, 5.74) is 0. The SMILES string of the molecule is CCCCCCCCCCCCCC(=O)OCCOC(=O)CCCCC. The van der Waals surface area contributed by atoms with Gasteiger partial charge in [0.2, 0.25) is 0 Å². The van der Waals surface area contributed by atoms with Gasteiger partial charge in [0.15, 0.2) is 0 Å². The van der Waals surface area contributed by atoms with Crippen molar-refractivity contribution in [2.45, 2.75) is 117 Å². The number of hydrogen-bond donors (Lipinski definition) is 0. The van der Waals surface area contributed by atoms with E-state index in [2.05, 4.69) is 13.8 Å². The standard InChI is InChI=1S/C22H42O4/c1-3-5-7-8-9-10-11-12-13-14-16-18-22(24)26-20-19-25-21(23)17-15-6-4-2/h3-20H2,1-2H3. The van der Waals surface area contributed by atoms with Crippen LogP contribution in [0.3, 0.4) is 0 Å². The van der Waals surface area contributed by atoms with Crippen LogP contribution in [0.15, 0.2) is 0 Å². The molecule has 0 unspecified atom stereocenters. The van der Waals surface area contributed by atoms with Crippen molar-refractivity contribution < 1.29 is 19.1 Å². The number of carbonyl (C=O) groups excluding carboxylic acids is 2. The molecule has 0 spiro atoms. The van der Waals surface area contributed by atoms with E-state index in [9.17, 15) is 9.59 Å². The summed E-state index contributed by atoms with van der Waals surface area (Å²) in [5.74, 6) is -0.372. The van der Waals surface area contributed by atoms with Crippen LogP contribution in [0.25, 0.3) is 0 Å². The van der Waals surface area contributed by atoms with Gasteiger partial charge in [0.1, 0.15) is 13.2 Å². The van der Waals surface area contributed by atoms with Crippen LogP contribution in [-0.4, -0.2) is 25.2 Å². The summed E-state index contributed by atoms with van der Waals surface area (Å²) in [4.78, 5) is 23.0. The molecule has 0 aliphatic rings. The lowest BCUT2D eigenvalue weighted by atomic mass is 10.1. The second-order valence-corrected chi connectivity index (χ2v) is 7.18. The summed E-state index contributed by atoms with van der Waals surface area (Å²) < 4.78 is 10.1. The molecule has 0 N–H and O–H groups in total. The normalized spacial score (nSPS) is 10.7. The molecular weight excluding hydrogens is 328 g/mol. The first-order valence-electron chi connectivity index (χ1n) is 11.0. The van der Waals surface area contributed by atoms with Crippen molar-refractivity contribution in [3.8, 4) is 0 Å². The summed E-state index contributed by atoms with van der Waals surface area (Å²) in [7, 11) is 0. The van der Waals surface area contributed by atoms with Crippen molar-refractivity contribution in [3.63, 3.8) is 0 Å². The Morgan fingerprint density at radius 3 is 1.23 bits per heavy atom. The highest BCUT2D eigenvalue weighted by Crippen LogP contribution is 2.12. The van der Waals surface area contributed by atoms with Gasteiger partial charge < -0.3 is 9.47 Å². The molecule has 0 saturated heterocycles. The maximum atomic E-state index is 11.6. The Labute approximate surface area is 161 Å². The summed E-state index contributed by atoms with van der Waals surface area (Å²) in [6, 6.07) is 0. The van der Waals surface area contributed by atoms with E-state index in [-0.39, 0.29) is 25.2 Å². The number of esters is 2. The van der Waals surface area contributed by atoms with Crippen LogP contribution in [0, 0.1) is 0 Å². The fraction of sp³-hybridized carbons (Fsp3) is 0.909. The van der Waals surface area contributed by atoms with Crippen molar-refractivity contribution in [3.05, 3.63) is 0 Å². The molecule has 0 aliphatic carbocycles. The molecular formula is C22H42O4. The van der Waals surface area contributed by atoms with Crippen LogP contribution in [0.2, 0.25) is 0 Å². The minimum atomic E-state index is -0.195. The summed E-state index contributed by atoms with van der Waals surface area (Å²) in [5, 5.41) is 0. The van der Waals surface area contributed by atoms with E-state index in [4.69, 9.17) is 9.47 Å². The van der Waals surface area contributed by atoms with E-state index < -0.39 is 0 Å². The molecule has 0 heterocycles. The molecule has 0 radical (unpaired) electrons. The van der Waals surface area contributed by atoms with Gasteiger partial charge in [-0.3, -0.25) is 9.59 Å². The molecule has 154 valence electrons. The van der Waals surface area contributed by atoms with E-state index in [1.807, 2.05) is 0 Å². The fourth-order valence-electron chi connectivity index (χ4n) is 2.91. The smallest absolute Gasteiger partial charge is 0.305 e. The molecule has 0 amide bonds. The monoisotopic (exact) mass is 370 g/mol. The zero-order valence-corrected chi connectivity index (χ0v) is 17.4. The molecule has 0 aliphatic heterocycles. The number of unbranched alkanes of at least 4 members (excludes halogenated alkanes) is 12. The largest absolute Gasteiger partial charge is 0.462 e. The highest BCUT2D eigenvalue weighted by Gasteiger charge is 2.05. The number of ether oxygens (including phenoxy) is 2. The fourth-order valence-corrected chi connectivity index (χ4v) is 2.91. The molecule has 26 heavy (non-hydrogen) atoms. The van der Waals surface area contributed by atoms with E-state index >= 15 is 0 Å². The zero-order valence-electron chi connectivity index (χ0n) is 17.4. The van der Waals surface area contributed by atoms with Crippen molar-refractivity contribution >= 4 is 11.9 Å². The minimum Gasteiger partial charge on any atom is -0.462 e. The average Bonchev–Trinajstić information content (AvgIpc) is 2.63. The molecule has 0 fully saturated rings. The zero-order chi connectivity index (χ0) is 19.3. The van der Waals surface area contributed by atoms with Gasteiger partial charge in [0.25, 0.3) is 0 Å². The van der Waals surface area contributed by atoms with Crippen LogP contribution >= 0.6 is 0 Å². The first kappa shape index (κ1) is 24.9. The van der Waals surface area contributed by atoms with E-state index in [1.165, 1.54) is 57.8 Å². The van der Waals surface area contributed by atoms with Crippen LogP contribution in [0.4, 0.5) is 0 Å². The number of rotatable bonds is 19. The third kappa shape index (κ3) is 19.3. The molecule has 0 aromatic heterocycles. The van der Waals surface area contributed by atoms with Gasteiger partial charge in [-0.25, -0.2) is 0 Å². The van der Waals surface area contributed by atoms with E-state index in [0.29, 0.717) is 12.8 Å². The van der Waals surface area contributed by atoms with Gasteiger partial charge in [0, 0.05) is 12.8 Å².